The van der Waals surface area contributed by atoms with Crippen molar-refractivity contribution in [2.45, 2.75) is 25.0 Å². The van der Waals surface area contributed by atoms with Crippen molar-refractivity contribution in [3.63, 3.8) is 0 Å². The van der Waals surface area contributed by atoms with E-state index in [4.69, 9.17) is 4.74 Å². The van der Waals surface area contributed by atoms with Gasteiger partial charge in [-0.3, -0.25) is 4.90 Å². The molecular formula is C15H20N2O2. The molecule has 102 valence electrons. The Hall–Kier alpha value is -1.41. The fourth-order valence-electron chi connectivity index (χ4n) is 2.38. The highest BCUT2D eigenvalue weighted by Crippen LogP contribution is 2.20. The zero-order valence-corrected chi connectivity index (χ0v) is 11.2. The first-order valence-corrected chi connectivity index (χ1v) is 6.65. The number of nitriles is 1. The van der Waals surface area contributed by atoms with Gasteiger partial charge in [0.2, 0.25) is 0 Å². The van der Waals surface area contributed by atoms with Crippen LogP contribution in [-0.4, -0.2) is 48.5 Å². The average molecular weight is 260 g/mol. The van der Waals surface area contributed by atoms with Gasteiger partial charge >= 0.3 is 0 Å². The molecule has 0 amide bonds. The standard InChI is InChI=1S/C15H20N2O2/c1-12-11-19-15(10-18)9-17(12)8-14(7-16)13-5-3-2-4-6-13/h2-6,12,14-15,18H,8-11H2,1H3. The van der Waals surface area contributed by atoms with E-state index < -0.39 is 0 Å². The molecule has 0 spiro atoms. The van der Waals surface area contributed by atoms with E-state index in [0.717, 1.165) is 5.56 Å². The molecule has 1 fully saturated rings. The quantitative estimate of drug-likeness (QED) is 0.888. The summed E-state index contributed by atoms with van der Waals surface area (Å²) in [6.45, 7) is 4.10. The summed E-state index contributed by atoms with van der Waals surface area (Å²) in [5, 5.41) is 18.5. The second-order valence-electron chi connectivity index (χ2n) is 5.03. The largest absolute Gasteiger partial charge is 0.394 e. The predicted octanol–water partition coefficient (Wildman–Crippen LogP) is 1.38. The van der Waals surface area contributed by atoms with E-state index in [-0.39, 0.29) is 24.7 Å². The Bertz CT molecular complexity index is 430. The first-order valence-electron chi connectivity index (χ1n) is 6.65. The van der Waals surface area contributed by atoms with Crippen LogP contribution in [0.15, 0.2) is 30.3 Å². The number of hydrogen-bond acceptors (Lipinski definition) is 4. The Morgan fingerprint density at radius 2 is 2.21 bits per heavy atom. The summed E-state index contributed by atoms with van der Waals surface area (Å²) >= 11 is 0. The minimum Gasteiger partial charge on any atom is -0.394 e. The Morgan fingerprint density at radius 3 is 2.84 bits per heavy atom. The summed E-state index contributed by atoms with van der Waals surface area (Å²) in [6, 6.07) is 12.5. The van der Waals surface area contributed by atoms with Crippen molar-refractivity contribution in [1.82, 2.24) is 4.90 Å². The van der Waals surface area contributed by atoms with Crippen LogP contribution in [0.1, 0.15) is 18.4 Å². The Morgan fingerprint density at radius 1 is 1.47 bits per heavy atom. The molecule has 1 N–H and O–H groups in total. The SMILES string of the molecule is CC1COC(CO)CN1CC(C#N)c1ccccc1. The Balaban J connectivity index is 2.03. The molecule has 1 heterocycles. The molecule has 4 nitrogen and oxygen atoms in total. The monoisotopic (exact) mass is 260 g/mol. The highest BCUT2D eigenvalue weighted by atomic mass is 16.5. The third kappa shape index (κ3) is 3.54. The second kappa shape index (κ2) is 6.67. The van der Waals surface area contributed by atoms with Crippen LogP contribution in [0, 0.1) is 11.3 Å². The van der Waals surface area contributed by atoms with Crippen LogP contribution < -0.4 is 0 Å². The molecule has 4 heteroatoms. The molecule has 19 heavy (non-hydrogen) atoms. The van der Waals surface area contributed by atoms with Gasteiger partial charge in [-0.15, -0.1) is 0 Å². The average Bonchev–Trinajstić information content (AvgIpc) is 2.47. The van der Waals surface area contributed by atoms with Gasteiger partial charge in [0.05, 0.1) is 31.3 Å². The molecule has 1 aromatic rings. The zero-order valence-electron chi connectivity index (χ0n) is 11.2. The molecular weight excluding hydrogens is 240 g/mol. The molecule has 1 aliphatic heterocycles. The van der Waals surface area contributed by atoms with Crippen molar-refractivity contribution < 1.29 is 9.84 Å². The fourth-order valence-corrected chi connectivity index (χ4v) is 2.38. The van der Waals surface area contributed by atoms with Gasteiger partial charge in [-0.25, -0.2) is 0 Å². The third-order valence-corrected chi connectivity index (χ3v) is 3.61. The van der Waals surface area contributed by atoms with Crippen LogP contribution in [0.5, 0.6) is 0 Å². The lowest BCUT2D eigenvalue weighted by Crippen LogP contribution is -2.50. The Kier molecular flexibility index (Phi) is 4.92. The van der Waals surface area contributed by atoms with E-state index in [2.05, 4.69) is 17.9 Å². The van der Waals surface area contributed by atoms with Gasteiger partial charge < -0.3 is 9.84 Å². The molecule has 3 unspecified atom stereocenters. The summed E-state index contributed by atoms with van der Waals surface area (Å²) in [5.74, 6) is -0.138. The van der Waals surface area contributed by atoms with Gasteiger partial charge in [-0.2, -0.15) is 5.26 Å². The van der Waals surface area contributed by atoms with Gasteiger partial charge in [0.15, 0.2) is 0 Å². The molecule has 3 atom stereocenters. The van der Waals surface area contributed by atoms with Crippen molar-refractivity contribution in [2.75, 3.05) is 26.3 Å². The molecule has 0 aromatic heterocycles. The Labute approximate surface area is 114 Å². The number of rotatable bonds is 4. The third-order valence-electron chi connectivity index (χ3n) is 3.61. The molecule has 0 radical (unpaired) electrons. The van der Waals surface area contributed by atoms with E-state index in [0.29, 0.717) is 19.7 Å². The molecule has 1 aliphatic rings. The van der Waals surface area contributed by atoms with Crippen molar-refractivity contribution in [3.05, 3.63) is 35.9 Å². The van der Waals surface area contributed by atoms with Crippen LogP contribution in [0.4, 0.5) is 0 Å². The van der Waals surface area contributed by atoms with Gasteiger partial charge in [0.1, 0.15) is 0 Å². The maximum absolute atomic E-state index is 9.36. The van der Waals surface area contributed by atoms with Crippen LogP contribution in [0.2, 0.25) is 0 Å². The number of ether oxygens (including phenoxy) is 1. The van der Waals surface area contributed by atoms with Crippen molar-refractivity contribution in [1.29, 1.82) is 5.26 Å². The van der Waals surface area contributed by atoms with Gasteiger partial charge in [-0.1, -0.05) is 30.3 Å². The van der Waals surface area contributed by atoms with Crippen LogP contribution >= 0.6 is 0 Å². The van der Waals surface area contributed by atoms with E-state index in [1.54, 1.807) is 0 Å². The topological polar surface area (TPSA) is 56.5 Å². The maximum Gasteiger partial charge on any atom is 0.0933 e. The smallest absolute Gasteiger partial charge is 0.0933 e. The number of aliphatic hydroxyl groups excluding tert-OH is 1. The second-order valence-corrected chi connectivity index (χ2v) is 5.03. The number of benzene rings is 1. The molecule has 2 rings (SSSR count). The predicted molar refractivity (Wildman–Crippen MR) is 72.7 cm³/mol. The van der Waals surface area contributed by atoms with E-state index in [9.17, 15) is 10.4 Å². The van der Waals surface area contributed by atoms with Crippen LogP contribution in [-0.2, 0) is 4.74 Å². The zero-order chi connectivity index (χ0) is 13.7. The normalized spacial score (nSPS) is 25.7. The van der Waals surface area contributed by atoms with E-state index in [1.807, 2.05) is 30.3 Å². The van der Waals surface area contributed by atoms with E-state index >= 15 is 0 Å². The highest BCUT2D eigenvalue weighted by Gasteiger charge is 2.27. The highest BCUT2D eigenvalue weighted by molar-refractivity contribution is 5.25. The summed E-state index contributed by atoms with van der Waals surface area (Å²) in [7, 11) is 0. The van der Waals surface area contributed by atoms with Crippen molar-refractivity contribution >= 4 is 0 Å². The van der Waals surface area contributed by atoms with Crippen molar-refractivity contribution in [3.8, 4) is 6.07 Å². The van der Waals surface area contributed by atoms with Crippen LogP contribution in [0.3, 0.4) is 0 Å². The summed E-state index contributed by atoms with van der Waals surface area (Å²) in [4.78, 5) is 2.23. The maximum atomic E-state index is 9.36. The first-order chi connectivity index (χ1) is 9.24. The van der Waals surface area contributed by atoms with Gasteiger partial charge in [0, 0.05) is 19.1 Å². The number of morpholine rings is 1. The summed E-state index contributed by atoms with van der Waals surface area (Å²) in [6.07, 6.45) is -0.133. The van der Waals surface area contributed by atoms with E-state index in [1.165, 1.54) is 0 Å². The number of aliphatic hydroxyl groups is 1. The van der Waals surface area contributed by atoms with Gasteiger partial charge in [0.25, 0.3) is 0 Å². The van der Waals surface area contributed by atoms with Crippen molar-refractivity contribution in [2.24, 2.45) is 0 Å². The minimum absolute atomic E-state index is 0.0335. The van der Waals surface area contributed by atoms with Gasteiger partial charge in [-0.05, 0) is 12.5 Å². The molecule has 0 aliphatic carbocycles. The molecule has 0 saturated carbocycles. The minimum atomic E-state index is -0.138. The number of nitrogens with zero attached hydrogens (tertiary/aromatic N) is 2. The lowest BCUT2D eigenvalue weighted by Gasteiger charge is -2.38. The fraction of sp³-hybridized carbons (Fsp3) is 0.533. The van der Waals surface area contributed by atoms with Crippen LogP contribution in [0.25, 0.3) is 0 Å². The summed E-state index contributed by atoms with van der Waals surface area (Å²) < 4.78 is 5.52. The molecule has 0 bridgehead atoms. The number of hydrogen-bond donors (Lipinski definition) is 1. The molecule has 1 aromatic carbocycles. The first kappa shape index (κ1) is 14.0. The molecule has 1 saturated heterocycles. The summed E-state index contributed by atoms with van der Waals surface area (Å²) in [5.41, 5.74) is 1.05. The lowest BCUT2D eigenvalue weighted by atomic mass is 9.99. The lowest BCUT2D eigenvalue weighted by molar-refractivity contribution is -0.0781.